The molecule has 0 bridgehead atoms. The van der Waals surface area contributed by atoms with Gasteiger partial charge in [-0.3, -0.25) is 0 Å². The summed E-state index contributed by atoms with van der Waals surface area (Å²) in [6.07, 6.45) is 0. The minimum atomic E-state index is 0.250. The van der Waals surface area contributed by atoms with Crippen molar-refractivity contribution >= 4 is 15.2 Å². The maximum Gasteiger partial charge on any atom is 0.236 e. The van der Waals surface area contributed by atoms with E-state index in [9.17, 15) is 0 Å². The summed E-state index contributed by atoms with van der Waals surface area (Å²) in [5.74, 6) is 0. The lowest BCUT2D eigenvalue weighted by molar-refractivity contribution is 0.318. The van der Waals surface area contributed by atoms with Gasteiger partial charge in [-0.15, -0.1) is 10.6 Å². The summed E-state index contributed by atoms with van der Waals surface area (Å²) in [4.78, 5) is 0. The van der Waals surface area contributed by atoms with Crippen molar-refractivity contribution < 1.29 is 5.11 Å². The van der Waals surface area contributed by atoms with Gasteiger partial charge in [0.05, 0.1) is 0 Å². The Morgan fingerprint density at radius 3 is 1.38 bits per heavy atom. The van der Waals surface area contributed by atoms with Crippen LogP contribution in [0, 0.1) is 0 Å². The van der Waals surface area contributed by atoms with E-state index in [1.165, 1.54) is 10.6 Å². The quantitative estimate of drug-likeness (QED) is 0.561. The zero-order valence-electron chi connectivity index (χ0n) is 6.28. The molecule has 0 aliphatic heterocycles. The Bertz CT molecular complexity index is 22.5. The highest BCUT2D eigenvalue weighted by Crippen LogP contribution is 1.77. The van der Waals surface area contributed by atoms with Crippen molar-refractivity contribution in [3.63, 3.8) is 0 Å². The lowest BCUT2D eigenvalue weighted by atomic mass is 10.9. The fraction of sp³-hybridized carbons (Fsp3) is 1.00. The maximum atomic E-state index is 7.57. The van der Waals surface area contributed by atoms with Gasteiger partial charge in [-0.25, -0.2) is 0 Å². The predicted octanol–water partition coefficient (Wildman–Crippen LogP) is 1.30. The molecule has 0 unspecified atom stereocenters. The molecule has 0 aliphatic rings. The molecule has 0 saturated carbocycles. The second-order valence-electron chi connectivity index (χ2n) is 1.67. The molecule has 0 aliphatic carbocycles. The van der Waals surface area contributed by atoms with Crippen LogP contribution in [0.1, 0.15) is 20.8 Å². The van der Waals surface area contributed by atoms with Crippen molar-refractivity contribution in [1.82, 2.24) is 0 Å². The number of rotatable bonds is 2. The number of hydrogen-bond acceptors (Lipinski definition) is 1. The van der Waals surface area contributed by atoms with Crippen LogP contribution in [0.3, 0.4) is 0 Å². The summed E-state index contributed by atoms with van der Waals surface area (Å²) in [5.41, 5.74) is 0. The van der Waals surface area contributed by atoms with Crippen molar-refractivity contribution in [2.24, 2.45) is 0 Å². The first-order valence-electron chi connectivity index (χ1n) is 3.44. The highest BCUT2D eigenvalue weighted by molar-refractivity contribution is 6.34. The molecule has 0 spiro atoms. The first-order valence-corrected chi connectivity index (χ1v) is 5.44. The van der Waals surface area contributed by atoms with E-state index >= 15 is 0 Å². The summed E-state index contributed by atoms with van der Waals surface area (Å²) in [7, 11) is 0. The Morgan fingerprint density at radius 2 is 1.38 bits per heavy atom. The zero-order valence-corrected chi connectivity index (χ0v) is 7.69. The maximum absolute atomic E-state index is 7.57. The SMILES string of the molecule is CCO.C[CH2][AlH][CH2]C. The fourth-order valence-electron chi connectivity index (χ4n) is 0.354. The highest BCUT2D eigenvalue weighted by atomic mass is 27.1. The molecule has 50 valence electrons. The number of aliphatic hydroxyl groups excluding tert-OH is 1. The molecule has 0 heterocycles. The molecule has 0 atom stereocenters. The first kappa shape index (κ1) is 11.3. The van der Waals surface area contributed by atoms with Gasteiger partial charge in [0.1, 0.15) is 0 Å². The van der Waals surface area contributed by atoms with Crippen LogP contribution in [-0.2, 0) is 0 Å². The Labute approximate surface area is 58.8 Å². The van der Waals surface area contributed by atoms with Crippen LogP contribution < -0.4 is 0 Å². The van der Waals surface area contributed by atoms with E-state index in [0.29, 0.717) is 15.2 Å². The monoisotopic (exact) mass is 132 g/mol. The summed E-state index contributed by atoms with van der Waals surface area (Å²) >= 11 is 0.432. The zero-order chi connectivity index (χ0) is 6.83. The van der Waals surface area contributed by atoms with Gasteiger partial charge in [-0.2, -0.15) is 0 Å². The normalized spacial score (nSPS) is 7.00. The van der Waals surface area contributed by atoms with Crippen LogP contribution in [0.5, 0.6) is 0 Å². The third-order valence-electron chi connectivity index (χ3n) is 0.707. The van der Waals surface area contributed by atoms with Crippen molar-refractivity contribution in [1.29, 1.82) is 0 Å². The minimum absolute atomic E-state index is 0.250. The Balaban J connectivity index is 0. The largest absolute Gasteiger partial charge is 0.397 e. The van der Waals surface area contributed by atoms with Gasteiger partial charge in [0.2, 0.25) is 15.2 Å². The minimum Gasteiger partial charge on any atom is -0.397 e. The molecular weight excluding hydrogens is 115 g/mol. The molecule has 0 amide bonds. The second kappa shape index (κ2) is 15.6. The number of aliphatic hydroxyl groups is 1. The molecule has 0 saturated heterocycles. The fourth-order valence-corrected chi connectivity index (χ4v) is 1.06. The summed E-state index contributed by atoms with van der Waals surface area (Å²) in [6.45, 7) is 6.48. The van der Waals surface area contributed by atoms with E-state index < -0.39 is 0 Å². The van der Waals surface area contributed by atoms with E-state index in [0.717, 1.165) is 0 Å². The smallest absolute Gasteiger partial charge is 0.236 e. The van der Waals surface area contributed by atoms with Crippen molar-refractivity contribution in [3.8, 4) is 0 Å². The Morgan fingerprint density at radius 1 is 1.12 bits per heavy atom. The van der Waals surface area contributed by atoms with Crippen LogP contribution in [0.25, 0.3) is 0 Å². The summed E-state index contributed by atoms with van der Waals surface area (Å²) in [6, 6.07) is 0. The molecule has 0 aromatic carbocycles. The van der Waals surface area contributed by atoms with Crippen molar-refractivity contribution in [2.75, 3.05) is 6.61 Å². The van der Waals surface area contributed by atoms with E-state index in [2.05, 4.69) is 13.8 Å². The Kier molecular flexibility index (Phi) is 22.1. The molecule has 0 fully saturated rings. The average Bonchev–Trinajstić information content (AvgIpc) is 1.71. The summed E-state index contributed by atoms with van der Waals surface area (Å²) in [5, 5.41) is 10.5. The van der Waals surface area contributed by atoms with Gasteiger partial charge in [0, 0.05) is 6.61 Å². The second-order valence-corrected chi connectivity index (χ2v) is 4.38. The van der Waals surface area contributed by atoms with E-state index in [4.69, 9.17) is 5.11 Å². The average molecular weight is 132 g/mol. The summed E-state index contributed by atoms with van der Waals surface area (Å²) < 4.78 is 0. The lowest BCUT2D eigenvalue weighted by Crippen LogP contribution is -1.76. The van der Waals surface area contributed by atoms with Crippen LogP contribution in [0.15, 0.2) is 0 Å². The van der Waals surface area contributed by atoms with Gasteiger partial charge in [-0.05, 0) is 6.92 Å². The molecule has 2 heteroatoms. The molecule has 1 nitrogen and oxygen atoms in total. The molecular formula is C6H17AlO. The van der Waals surface area contributed by atoms with Crippen LogP contribution in [0.4, 0.5) is 0 Å². The van der Waals surface area contributed by atoms with E-state index in [1.807, 2.05) is 0 Å². The van der Waals surface area contributed by atoms with Gasteiger partial charge in [0.15, 0.2) is 0 Å². The Hall–Kier alpha value is 0.492. The first-order chi connectivity index (χ1) is 3.83. The van der Waals surface area contributed by atoms with Gasteiger partial charge in [0.25, 0.3) is 0 Å². The molecule has 0 aromatic heterocycles. The van der Waals surface area contributed by atoms with Gasteiger partial charge < -0.3 is 5.11 Å². The van der Waals surface area contributed by atoms with Crippen LogP contribution >= 0.6 is 0 Å². The predicted molar refractivity (Wildman–Crippen MR) is 40.9 cm³/mol. The molecule has 0 radical (unpaired) electrons. The molecule has 0 rings (SSSR count). The van der Waals surface area contributed by atoms with Gasteiger partial charge >= 0.3 is 0 Å². The highest BCUT2D eigenvalue weighted by Gasteiger charge is 1.76. The van der Waals surface area contributed by atoms with Crippen molar-refractivity contribution in [2.45, 2.75) is 31.3 Å². The van der Waals surface area contributed by atoms with Gasteiger partial charge in [-0.1, -0.05) is 13.8 Å². The number of hydrogen-bond donors (Lipinski definition) is 1. The standard InChI is InChI=1S/C2H6O.2C2H5.Al.H/c1-2-3;2*1-2;;/h3H,2H2,1H3;2*1H2,2H3;;. The molecule has 0 aromatic rings. The van der Waals surface area contributed by atoms with Crippen LogP contribution in [-0.4, -0.2) is 26.9 Å². The molecule has 8 heavy (non-hydrogen) atoms. The third kappa shape index (κ3) is 31.5. The third-order valence-corrected chi connectivity index (χ3v) is 2.12. The van der Waals surface area contributed by atoms with E-state index in [-0.39, 0.29) is 6.61 Å². The van der Waals surface area contributed by atoms with Crippen LogP contribution in [0.2, 0.25) is 10.6 Å². The topological polar surface area (TPSA) is 20.2 Å². The van der Waals surface area contributed by atoms with E-state index in [1.54, 1.807) is 6.92 Å². The lowest BCUT2D eigenvalue weighted by Gasteiger charge is -1.73. The van der Waals surface area contributed by atoms with Crippen molar-refractivity contribution in [3.05, 3.63) is 0 Å². The molecule has 1 N–H and O–H groups in total.